The largest absolute Gasteiger partial charge is 0.493 e. The van der Waals surface area contributed by atoms with Crippen molar-refractivity contribution in [2.75, 3.05) is 25.6 Å². The van der Waals surface area contributed by atoms with Crippen molar-refractivity contribution in [2.45, 2.75) is 20.3 Å². The fourth-order valence-electron chi connectivity index (χ4n) is 3.63. The van der Waals surface area contributed by atoms with Gasteiger partial charge in [0.2, 0.25) is 5.13 Å². The second kappa shape index (κ2) is 13.2. The number of amides is 1. The Labute approximate surface area is 231 Å². The van der Waals surface area contributed by atoms with Crippen molar-refractivity contribution in [3.63, 3.8) is 0 Å². The summed E-state index contributed by atoms with van der Waals surface area (Å²) in [7, 11) is 1.53. The van der Waals surface area contributed by atoms with E-state index in [-0.39, 0.29) is 5.57 Å². The molecule has 0 fully saturated rings. The van der Waals surface area contributed by atoms with E-state index in [2.05, 4.69) is 22.4 Å². The molecule has 3 aromatic carbocycles. The molecule has 4 rings (SSSR count). The van der Waals surface area contributed by atoms with Gasteiger partial charge in [0, 0.05) is 6.42 Å². The maximum atomic E-state index is 12.7. The molecule has 0 aliphatic carbocycles. The number of methoxy groups -OCH3 is 1. The Morgan fingerprint density at radius 2 is 1.77 bits per heavy atom. The minimum atomic E-state index is -0.567. The first kappa shape index (κ1) is 27.4. The molecule has 0 saturated carbocycles. The van der Waals surface area contributed by atoms with Crippen LogP contribution >= 0.6 is 11.3 Å². The first-order valence-corrected chi connectivity index (χ1v) is 13.1. The van der Waals surface area contributed by atoms with Gasteiger partial charge in [-0.05, 0) is 66.4 Å². The summed E-state index contributed by atoms with van der Waals surface area (Å²) in [5.41, 5.74) is 4.01. The molecule has 0 atom stereocenters. The summed E-state index contributed by atoms with van der Waals surface area (Å²) in [6, 6.07) is 22.9. The minimum Gasteiger partial charge on any atom is -0.493 e. The normalized spacial score (nSPS) is 11.0. The molecule has 0 radical (unpaired) electrons. The SMILES string of the molecule is COc1cc(/C=C(/C#N)C(=O)Nc2nnc(Cc3ccccc3)s2)ccc1OCCOc1ccc(C)c(C)c1. The van der Waals surface area contributed by atoms with E-state index in [4.69, 9.17) is 14.2 Å². The van der Waals surface area contributed by atoms with Gasteiger partial charge >= 0.3 is 0 Å². The lowest BCUT2D eigenvalue weighted by Gasteiger charge is -2.13. The van der Waals surface area contributed by atoms with E-state index in [0.717, 1.165) is 16.3 Å². The predicted octanol–water partition coefficient (Wildman–Crippen LogP) is 5.76. The number of carbonyl (C=O) groups excluding carboxylic acids is 1. The quantitative estimate of drug-likeness (QED) is 0.146. The number of nitriles is 1. The zero-order valence-electron chi connectivity index (χ0n) is 21.9. The van der Waals surface area contributed by atoms with Crippen LogP contribution < -0.4 is 19.5 Å². The van der Waals surface area contributed by atoms with Crippen molar-refractivity contribution >= 4 is 28.5 Å². The number of benzene rings is 3. The van der Waals surface area contributed by atoms with Gasteiger partial charge in [0.25, 0.3) is 5.91 Å². The molecule has 0 aliphatic rings. The molecule has 4 aromatic rings. The molecule has 9 heteroatoms. The van der Waals surface area contributed by atoms with Gasteiger partial charge in [0.1, 0.15) is 35.6 Å². The lowest BCUT2D eigenvalue weighted by atomic mass is 10.1. The maximum absolute atomic E-state index is 12.7. The van der Waals surface area contributed by atoms with Gasteiger partial charge in [-0.1, -0.05) is 53.8 Å². The molecule has 1 N–H and O–H groups in total. The van der Waals surface area contributed by atoms with Crippen LogP contribution in [0, 0.1) is 25.2 Å². The van der Waals surface area contributed by atoms with Gasteiger partial charge in [-0.3, -0.25) is 10.1 Å². The Balaban J connectivity index is 1.35. The van der Waals surface area contributed by atoms with E-state index in [0.29, 0.717) is 41.8 Å². The predicted molar refractivity (Wildman–Crippen MR) is 151 cm³/mol. The fourth-order valence-corrected chi connectivity index (χ4v) is 4.40. The molecular formula is C30H28N4O4S. The van der Waals surface area contributed by atoms with Crippen molar-refractivity contribution in [3.8, 4) is 23.3 Å². The van der Waals surface area contributed by atoms with Gasteiger partial charge in [0.05, 0.1) is 7.11 Å². The summed E-state index contributed by atoms with van der Waals surface area (Å²) < 4.78 is 17.1. The second-order valence-electron chi connectivity index (χ2n) is 8.64. The molecule has 0 unspecified atom stereocenters. The summed E-state index contributed by atoms with van der Waals surface area (Å²) in [5, 5.41) is 21.5. The number of nitrogens with one attached hydrogen (secondary N) is 1. The third-order valence-electron chi connectivity index (χ3n) is 5.84. The molecule has 8 nitrogen and oxygen atoms in total. The number of nitrogens with zero attached hydrogens (tertiary/aromatic N) is 3. The van der Waals surface area contributed by atoms with Gasteiger partial charge in [-0.25, -0.2) is 0 Å². The van der Waals surface area contributed by atoms with Gasteiger partial charge in [0.15, 0.2) is 11.5 Å². The molecule has 1 aromatic heterocycles. The molecule has 0 aliphatic heterocycles. The number of hydrogen-bond donors (Lipinski definition) is 1. The number of aryl methyl sites for hydroxylation is 2. The van der Waals surface area contributed by atoms with Gasteiger partial charge < -0.3 is 14.2 Å². The molecular weight excluding hydrogens is 512 g/mol. The van der Waals surface area contributed by atoms with Crippen LogP contribution in [-0.4, -0.2) is 36.4 Å². The van der Waals surface area contributed by atoms with E-state index in [9.17, 15) is 10.1 Å². The zero-order chi connectivity index (χ0) is 27.6. The van der Waals surface area contributed by atoms with Crippen molar-refractivity contribution < 1.29 is 19.0 Å². The molecule has 1 amide bonds. The Hall–Kier alpha value is -4.68. The first-order valence-electron chi connectivity index (χ1n) is 12.3. The van der Waals surface area contributed by atoms with Crippen LogP contribution in [0.3, 0.4) is 0 Å². The average Bonchev–Trinajstić information content (AvgIpc) is 3.38. The van der Waals surface area contributed by atoms with Crippen molar-refractivity contribution in [3.05, 3.63) is 99.6 Å². The number of rotatable bonds is 11. The van der Waals surface area contributed by atoms with E-state index < -0.39 is 5.91 Å². The lowest BCUT2D eigenvalue weighted by molar-refractivity contribution is -0.112. The minimum absolute atomic E-state index is 0.0766. The molecule has 1 heterocycles. The zero-order valence-corrected chi connectivity index (χ0v) is 22.7. The van der Waals surface area contributed by atoms with Crippen molar-refractivity contribution in [2.24, 2.45) is 0 Å². The van der Waals surface area contributed by atoms with Crippen LogP contribution in [0.2, 0.25) is 0 Å². The molecule has 0 spiro atoms. The standard InChI is InChI=1S/C30H28N4O4S/c1-20-9-11-25(15-21(20)2)37-13-14-38-26-12-10-23(17-27(26)36-3)16-24(19-31)29(35)32-30-34-33-28(39-30)18-22-7-5-4-6-8-22/h4-12,15-17H,13-14,18H2,1-3H3,(H,32,34,35)/b24-16-. The van der Waals surface area contributed by atoms with Crippen LogP contribution in [0.4, 0.5) is 5.13 Å². The van der Waals surface area contributed by atoms with Crippen LogP contribution in [0.15, 0.2) is 72.3 Å². The number of aromatic nitrogens is 2. The summed E-state index contributed by atoms with van der Waals surface area (Å²) >= 11 is 1.27. The van der Waals surface area contributed by atoms with Crippen LogP contribution in [0.1, 0.15) is 27.3 Å². The van der Waals surface area contributed by atoms with E-state index in [1.54, 1.807) is 18.2 Å². The Bertz CT molecular complexity index is 1510. The number of anilines is 1. The Kier molecular flexibility index (Phi) is 9.27. The van der Waals surface area contributed by atoms with E-state index >= 15 is 0 Å². The number of ether oxygens (including phenoxy) is 3. The Morgan fingerprint density at radius 3 is 2.51 bits per heavy atom. The highest BCUT2D eigenvalue weighted by molar-refractivity contribution is 7.15. The average molecular weight is 541 g/mol. The van der Waals surface area contributed by atoms with Crippen molar-refractivity contribution in [1.29, 1.82) is 5.26 Å². The van der Waals surface area contributed by atoms with Gasteiger partial charge in [-0.15, -0.1) is 10.2 Å². The highest BCUT2D eigenvalue weighted by Gasteiger charge is 2.14. The lowest BCUT2D eigenvalue weighted by Crippen LogP contribution is -2.13. The summed E-state index contributed by atoms with van der Waals surface area (Å²) in [6.45, 7) is 4.78. The van der Waals surface area contributed by atoms with E-state index in [1.807, 2.05) is 61.5 Å². The summed E-state index contributed by atoms with van der Waals surface area (Å²) in [4.78, 5) is 12.7. The highest BCUT2D eigenvalue weighted by Crippen LogP contribution is 2.29. The molecule has 39 heavy (non-hydrogen) atoms. The maximum Gasteiger partial charge on any atom is 0.268 e. The number of hydrogen-bond acceptors (Lipinski definition) is 8. The summed E-state index contributed by atoms with van der Waals surface area (Å²) in [5.74, 6) is 1.23. The third-order valence-corrected chi connectivity index (χ3v) is 6.68. The topological polar surface area (TPSA) is 106 Å². The highest BCUT2D eigenvalue weighted by atomic mass is 32.1. The number of carbonyl (C=O) groups is 1. The second-order valence-corrected chi connectivity index (χ2v) is 9.70. The van der Waals surface area contributed by atoms with E-state index in [1.165, 1.54) is 35.6 Å². The monoisotopic (exact) mass is 540 g/mol. The first-order chi connectivity index (χ1) is 18.9. The van der Waals surface area contributed by atoms with Crippen LogP contribution in [0.5, 0.6) is 17.2 Å². The molecule has 0 saturated heterocycles. The third kappa shape index (κ3) is 7.66. The van der Waals surface area contributed by atoms with Crippen LogP contribution in [-0.2, 0) is 11.2 Å². The van der Waals surface area contributed by atoms with Gasteiger partial charge in [-0.2, -0.15) is 5.26 Å². The summed E-state index contributed by atoms with van der Waals surface area (Å²) in [6.07, 6.45) is 2.09. The van der Waals surface area contributed by atoms with Crippen LogP contribution in [0.25, 0.3) is 6.08 Å². The smallest absolute Gasteiger partial charge is 0.268 e. The molecule has 198 valence electrons. The Morgan fingerprint density at radius 1 is 0.974 bits per heavy atom. The van der Waals surface area contributed by atoms with Crippen molar-refractivity contribution in [1.82, 2.24) is 10.2 Å². The fraction of sp³-hybridized carbons (Fsp3) is 0.200. The molecule has 0 bridgehead atoms.